The summed E-state index contributed by atoms with van der Waals surface area (Å²) >= 11 is 1.19. The molecule has 2 N–H and O–H groups in total. The maximum atomic E-state index is 12.5. The third-order valence-electron chi connectivity index (χ3n) is 5.44. The smallest absolute Gasteiger partial charge is 0.240 e. The zero-order valence-electron chi connectivity index (χ0n) is 20.4. The number of carbonyl (C=O) groups excluding carboxylic acids is 2. The van der Waals surface area contributed by atoms with Crippen LogP contribution in [0.5, 0.6) is 5.75 Å². The minimum atomic E-state index is -0.574. The average Bonchev–Trinajstić information content (AvgIpc) is 3.37. The molecule has 1 aliphatic heterocycles. The van der Waals surface area contributed by atoms with E-state index in [0.29, 0.717) is 17.5 Å². The molecule has 0 aliphatic carbocycles. The van der Waals surface area contributed by atoms with Crippen molar-refractivity contribution in [3.05, 3.63) is 71.5 Å². The number of aromatic nitrogens is 2. The Morgan fingerprint density at radius 2 is 1.94 bits per heavy atom. The number of nitrogens with zero attached hydrogens (tertiary/aromatic N) is 4. The number of hydrogen-bond donors (Lipinski definition) is 2. The van der Waals surface area contributed by atoms with E-state index in [1.807, 2.05) is 55.8 Å². The molecule has 1 fully saturated rings. The first kappa shape index (κ1) is 25.2. The molecule has 0 saturated carbocycles. The van der Waals surface area contributed by atoms with Crippen molar-refractivity contribution in [1.29, 1.82) is 0 Å². The predicted octanol–water partition coefficient (Wildman–Crippen LogP) is 4.23. The lowest BCUT2D eigenvalue weighted by Crippen LogP contribution is -2.28. The summed E-state index contributed by atoms with van der Waals surface area (Å²) in [6, 6.07) is 17.0. The van der Waals surface area contributed by atoms with E-state index < -0.39 is 5.25 Å². The third-order valence-corrected chi connectivity index (χ3v) is 6.51. The second-order valence-corrected chi connectivity index (χ2v) is 9.39. The largest absolute Gasteiger partial charge is 0.494 e. The number of rotatable bonds is 9. The summed E-state index contributed by atoms with van der Waals surface area (Å²) in [5.41, 5.74) is 4.23. The number of thioether (sulfide) groups is 1. The molecule has 36 heavy (non-hydrogen) atoms. The summed E-state index contributed by atoms with van der Waals surface area (Å²) in [5.74, 6) is 0.227. The molecule has 2 heterocycles. The summed E-state index contributed by atoms with van der Waals surface area (Å²) in [4.78, 5) is 24.8. The Kier molecular flexibility index (Phi) is 8.17. The van der Waals surface area contributed by atoms with Crippen LogP contribution in [0.3, 0.4) is 0 Å². The van der Waals surface area contributed by atoms with Crippen LogP contribution < -0.4 is 15.4 Å². The van der Waals surface area contributed by atoms with Gasteiger partial charge in [-0.25, -0.2) is 4.68 Å². The molecular formula is C26H28N6O3S. The molecule has 186 valence electrons. The number of amides is 2. The fourth-order valence-corrected chi connectivity index (χ4v) is 4.55. The third kappa shape index (κ3) is 6.19. The molecular weight excluding hydrogens is 476 g/mol. The Hall–Kier alpha value is -3.92. The molecule has 1 unspecified atom stereocenters. The maximum Gasteiger partial charge on any atom is 0.240 e. The van der Waals surface area contributed by atoms with E-state index in [2.05, 4.69) is 25.9 Å². The average molecular weight is 505 g/mol. The van der Waals surface area contributed by atoms with Gasteiger partial charge in [-0.3, -0.25) is 9.59 Å². The lowest BCUT2D eigenvalue weighted by molar-refractivity contribution is -0.122. The molecule has 10 heteroatoms. The van der Waals surface area contributed by atoms with Crippen LogP contribution in [0.15, 0.2) is 64.8 Å². The van der Waals surface area contributed by atoms with Crippen LogP contribution in [0.4, 0.5) is 5.69 Å². The first-order valence-corrected chi connectivity index (χ1v) is 12.6. The van der Waals surface area contributed by atoms with Crippen molar-refractivity contribution in [1.82, 2.24) is 15.1 Å². The van der Waals surface area contributed by atoms with Gasteiger partial charge in [0.25, 0.3) is 0 Å². The summed E-state index contributed by atoms with van der Waals surface area (Å²) < 4.78 is 7.40. The standard InChI is InChI=1S/C26H28N6O3S/c1-4-14-35-21-12-10-19(11-13-21)28-24(33)15-23-25(34)29-26(36-23)30-27-16-22-17(2)31-32(18(22)3)20-8-6-5-7-9-20/h5-13,16,23H,4,14-15H2,1-3H3,(H,28,33)(H,29,30,34). The zero-order valence-corrected chi connectivity index (χ0v) is 21.2. The molecule has 1 aliphatic rings. The van der Waals surface area contributed by atoms with Crippen molar-refractivity contribution in [2.45, 2.75) is 38.9 Å². The van der Waals surface area contributed by atoms with Gasteiger partial charge in [-0.2, -0.15) is 10.2 Å². The molecule has 3 aromatic rings. The highest BCUT2D eigenvalue weighted by atomic mass is 32.2. The van der Waals surface area contributed by atoms with E-state index in [1.165, 1.54) is 11.8 Å². The SMILES string of the molecule is CCCOc1ccc(NC(=O)CC2S/C(=N/N=Cc3c(C)nn(-c4ccccc4)c3C)NC2=O)cc1. The summed E-state index contributed by atoms with van der Waals surface area (Å²) in [6.07, 6.45) is 2.58. The molecule has 1 aromatic heterocycles. The number of para-hydroxylation sites is 1. The molecule has 1 saturated heterocycles. The minimum absolute atomic E-state index is 0.0232. The molecule has 0 radical (unpaired) electrons. The number of nitrogens with one attached hydrogen (secondary N) is 2. The van der Waals surface area contributed by atoms with Gasteiger partial charge in [0.2, 0.25) is 11.8 Å². The molecule has 9 nitrogen and oxygen atoms in total. The van der Waals surface area contributed by atoms with Crippen LogP contribution in [0.1, 0.15) is 36.7 Å². The van der Waals surface area contributed by atoms with Gasteiger partial charge in [-0.15, -0.1) is 5.10 Å². The number of anilines is 1. The highest BCUT2D eigenvalue weighted by molar-refractivity contribution is 8.15. The number of carbonyl (C=O) groups is 2. The van der Waals surface area contributed by atoms with Crippen LogP contribution in [0.25, 0.3) is 5.69 Å². The van der Waals surface area contributed by atoms with Gasteiger partial charge in [0.1, 0.15) is 11.0 Å². The van der Waals surface area contributed by atoms with Crippen LogP contribution >= 0.6 is 11.8 Å². The quantitative estimate of drug-likeness (QED) is 0.335. The lowest BCUT2D eigenvalue weighted by atomic mass is 10.2. The molecule has 0 bridgehead atoms. The van der Waals surface area contributed by atoms with Gasteiger partial charge < -0.3 is 15.4 Å². The van der Waals surface area contributed by atoms with E-state index in [0.717, 1.165) is 34.8 Å². The van der Waals surface area contributed by atoms with Gasteiger partial charge in [0, 0.05) is 17.7 Å². The highest BCUT2D eigenvalue weighted by Gasteiger charge is 2.32. The summed E-state index contributed by atoms with van der Waals surface area (Å²) in [7, 11) is 0. The predicted molar refractivity (Wildman–Crippen MR) is 143 cm³/mol. The Morgan fingerprint density at radius 3 is 2.67 bits per heavy atom. The van der Waals surface area contributed by atoms with E-state index >= 15 is 0 Å². The number of hydrogen-bond acceptors (Lipinski definition) is 7. The Morgan fingerprint density at radius 1 is 1.19 bits per heavy atom. The topological polar surface area (TPSA) is 110 Å². The number of amidine groups is 1. The zero-order chi connectivity index (χ0) is 25.5. The molecule has 0 spiro atoms. The van der Waals surface area contributed by atoms with Crippen LogP contribution in [0.2, 0.25) is 0 Å². The van der Waals surface area contributed by atoms with Gasteiger partial charge >= 0.3 is 0 Å². The normalized spacial score (nSPS) is 16.5. The van der Waals surface area contributed by atoms with Crippen LogP contribution in [-0.4, -0.2) is 44.8 Å². The number of aryl methyl sites for hydroxylation is 1. The molecule has 2 amide bonds. The van der Waals surface area contributed by atoms with Gasteiger partial charge in [0.15, 0.2) is 5.17 Å². The molecule has 1 atom stereocenters. The van der Waals surface area contributed by atoms with Gasteiger partial charge in [-0.05, 0) is 56.7 Å². The highest BCUT2D eigenvalue weighted by Crippen LogP contribution is 2.24. The first-order valence-electron chi connectivity index (χ1n) is 11.7. The summed E-state index contributed by atoms with van der Waals surface area (Å²) in [5, 5.41) is 18.2. The Balaban J connectivity index is 1.34. The summed E-state index contributed by atoms with van der Waals surface area (Å²) in [6.45, 7) is 6.56. The fraction of sp³-hybridized carbons (Fsp3) is 0.269. The molecule has 2 aromatic carbocycles. The minimum Gasteiger partial charge on any atom is -0.494 e. The van der Waals surface area contributed by atoms with Crippen molar-refractivity contribution < 1.29 is 14.3 Å². The maximum absolute atomic E-state index is 12.5. The van der Waals surface area contributed by atoms with E-state index in [9.17, 15) is 9.59 Å². The van der Waals surface area contributed by atoms with Crippen LogP contribution in [0, 0.1) is 13.8 Å². The second-order valence-electron chi connectivity index (χ2n) is 8.20. The van der Waals surface area contributed by atoms with Gasteiger partial charge in [0.05, 0.1) is 29.9 Å². The van der Waals surface area contributed by atoms with Crippen molar-refractivity contribution in [2.24, 2.45) is 10.2 Å². The first-order chi connectivity index (χ1) is 17.4. The van der Waals surface area contributed by atoms with Crippen LogP contribution in [-0.2, 0) is 9.59 Å². The lowest BCUT2D eigenvalue weighted by Gasteiger charge is -2.09. The van der Waals surface area contributed by atoms with Crippen molar-refractivity contribution in [2.75, 3.05) is 11.9 Å². The van der Waals surface area contributed by atoms with E-state index in [-0.39, 0.29) is 18.2 Å². The number of ether oxygens (including phenoxy) is 1. The fourth-order valence-electron chi connectivity index (χ4n) is 3.62. The van der Waals surface area contributed by atoms with Crippen molar-refractivity contribution in [3.63, 3.8) is 0 Å². The second kappa shape index (κ2) is 11.7. The number of benzene rings is 2. The van der Waals surface area contributed by atoms with Gasteiger partial charge in [-0.1, -0.05) is 36.9 Å². The monoisotopic (exact) mass is 504 g/mol. The Labute approximate surface area is 214 Å². The van der Waals surface area contributed by atoms with Crippen molar-refractivity contribution >= 4 is 40.6 Å². The van der Waals surface area contributed by atoms with Crippen molar-refractivity contribution in [3.8, 4) is 11.4 Å². The van der Waals surface area contributed by atoms with E-state index in [1.54, 1.807) is 30.5 Å². The molecule has 4 rings (SSSR count). The van der Waals surface area contributed by atoms with E-state index in [4.69, 9.17) is 4.74 Å². The Bertz CT molecular complexity index is 1290.